The van der Waals surface area contributed by atoms with E-state index in [9.17, 15) is 22.8 Å². The molecule has 0 aliphatic carbocycles. The Labute approximate surface area is 123 Å². The summed E-state index contributed by atoms with van der Waals surface area (Å²) in [6, 6.07) is 2.81. The predicted molar refractivity (Wildman–Crippen MR) is 71.2 cm³/mol. The Morgan fingerprint density at radius 1 is 1.23 bits per heavy atom. The van der Waals surface area contributed by atoms with Gasteiger partial charge in [-0.25, -0.2) is 9.59 Å². The normalized spacial score (nSPS) is 11.3. The minimum Gasteiger partial charge on any atom is -0.406 e. The van der Waals surface area contributed by atoms with E-state index in [2.05, 4.69) is 9.84 Å². The highest BCUT2D eigenvalue weighted by Crippen LogP contribution is 2.22. The van der Waals surface area contributed by atoms with E-state index in [1.807, 2.05) is 0 Å². The number of hydrogen-bond donors (Lipinski definition) is 1. The van der Waals surface area contributed by atoms with Crippen LogP contribution in [-0.4, -0.2) is 48.6 Å². The van der Waals surface area contributed by atoms with Crippen molar-refractivity contribution in [2.75, 3.05) is 14.1 Å². The van der Waals surface area contributed by atoms with Gasteiger partial charge < -0.3 is 15.4 Å². The first-order valence-corrected chi connectivity index (χ1v) is 5.81. The topological polar surface area (TPSA) is 88.2 Å². The van der Waals surface area contributed by atoms with E-state index >= 15 is 0 Å². The van der Waals surface area contributed by atoms with Crippen LogP contribution < -0.4 is 10.5 Å². The fourth-order valence-electron chi connectivity index (χ4n) is 1.27. The molecule has 0 saturated carbocycles. The zero-order chi connectivity index (χ0) is 16.9. The van der Waals surface area contributed by atoms with Gasteiger partial charge in [0.1, 0.15) is 5.75 Å². The molecule has 0 radical (unpaired) electrons. The number of ether oxygens (including phenoxy) is 1. The van der Waals surface area contributed by atoms with Crippen molar-refractivity contribution in [3.05, 3.63) is 29.8 Å². The maximum absolute atomic E-state index is 12.0. The lowest BCUT2D eigenvalue weighted by Crippen LogP contribution is -2.42. The van der Waals surface area contributed by atoms with Crippen molar-refractivity contribution in [2.24, 2.45) is 10.8 Å². The molecule has 0 aliphatic rings. The summed E-state index contributed by atoms with van der Waals surface area (Å²) in [6.45, 7) is 0. The minimum atomic E-state index is -4.78. The summed E-state index contributed by atoms with van der Waals surface area (Å²) in [4.78, 5) is 23.8. The second-order valence-electron chi connectivity index (χ2n) is 4.19. The van der Waals surface area contributed by atoms with Crippen molar-refractivity contribution in [3.63, 3.8) is 0 Å². The molecule has 4 amide bonds. The van der Waals surface area contributed by atoms with Crippen molar-refractivity contribution in [2.45, 2.75) is 6.36 Å². The monoisotopic (exact) mass is 318 g/mol. The van der Waals surface area contributed by atoms with E-state index < -0.39 is 24.2 Å². The zero-order valence-electron chi connectivity index (χ0n) is 11.7. The molecule has 0 heterocycles. The summed E-state index contributed by atoms with van der Waals surface area (Å²) >= 11 is 0. The molecule has 1 rings (SSSR count). The second kappa shape index (κ2) is 6.78. The van der Waals surface area contributed by atoms with E-state index in [0.717, 1.165) is 23.2 Å². The van der Waals surface area contributed by atoms with Gasteiger partial charge in [-0.05, 0) is 29.8 Å². The van der Waals surface area contributed by atoms with Gasteiger partial charge in [-0.1, -0.05) is 0 Å². The fourth-order valence-corrected chi connectivity index (χ4v) is 1.27. The van der Waals surface area contributed by atoms with Gasteiger partial charge in [0.2, 0.25) is 0 Å². The standard InChI is InChI=1S/C12H13F3N4O3/c1-18(2)11(21)19(10(16)20)17-7-8-3-5-9(6-4-8)22-12(13,14)15/h3-7H,1-2H3,(H2,16,20). The highest BCUT2D eigenvalue weighted by Gasteiger charge is 2.30. The van der Waals surface area contributed by atoms with Gasteiger partial charge in [-0.2, -0.15) is 5.10 Å². The van der Waals surface area contributed by atoms with E-state index in [1.54, 1.807) is 0 Å². The number of carbonyl (C=O) groups excluding carboxylic acids is 2. The molecule has 1 aromatic rings. The van der Waals surface area contributed by atoms with Gasteiger partial charge in [0.15, 0.2) is 0 Å². The van der Waals surface area contributed by atoms with Crippen molar-refractivity contribution in [3.8, 4) is 5.75 Å². The third-order valence-electron chi connectivity index (χ3n) is 2.21. The molecule has 0 fully saturated rings. The van der Waals surface area contributed by atoms with E-state index in [-0.39, 0.29) is 0 Å². The van der Waals surface area contributed by atoms with E-state index in [1.165, 1.54) is 26.2 Å². The molecule has 0 aliphatic heterocycles. The molecule has 0 atom stereocenters. The first-order chi connectivity index (χ1) is 10.1. The SMILES string of the molecule is CN(C)C(=O)N(N=Cc1ccc(OC(F)(F)F)cc1)C(N)=O. The summed E-state index contributed by atoms with van der Waals surface area (Å²) in [7, 11) is 2.80. The third kappa shape index (κ3) is 5.31. The number of benzene rings is 1. The van der Waals surface area contributed by atoms with Gasteiger partial charge in [0.05, 0.1) is 6.21 Å². The lowest BCUT2D eigenvalue weighted by molar-refractivity contribution is -0.274. The number of hydrazone groups is 1. The van der Waals surface area contributed by atoms with Gasteiger partial charge in [-0.15, -0.1) is 18.2 Å². The minimum absolute atomic E-state index is 0.340. The fraction of sp³-hybridized carbons (Fsp3) is 0.250. The van der Waals surface area contributed by atoms with E-state index in [0.29, 0.717) is 10.6 Å². The molecule has 1 aromatic carbocycles. The van der Waals surface area contributed by atoms with Crippen LogP contribution in [-0.2, 0) is 0 Å². The molecule has 7 nitrogen and oxygen atoms in total. The average molecular weight is 318 g/mol. The number of primary amides is 1. The van der Waals surface area contributed by atoms with Gasteiger partial charge in [0.25, 0.3) is 0 Å². The van der Waals surface area contributed by atoms with Crippen LogP contribution in [0.1, 0.15) is 5.56 Å². The second-order valence-corrected chi connectivity index (χ2v) is 4.19. The first-order valence-electron chi connectivity index (χ1n) is 5.81. The highest BCUT2D eigenvalue weighted by atomic mass is 19.4. The number of alkyl halides is 3. The number of nitrogens with two attached hydrogens (primary N) is 1. The van der Waals surface area contributed by atoms with Crippen molar-refractivity contribution >= 4 is 18.3 Å². The molecular formula is C12H13F3N4O3. The summed E-state index contributed by atoms with van der Waals surface area (Å²) in [5.41, 5.74) is 5.35. The number of amides is 4. The van der Waals surface area contributed by atoms with Crippen LogP contribution >= 0.6 is 0 Å². The summed E-state index contributed by atoms with van der Waals surface area (Å²) in [5, 5.41) is 4.02. The summed E-state index contributed by atoms with van der Waals surface area (Å²) in [5.74, 6) is -0.402. The van der Waals surface area contributed by atoms with Crippen LogP contribution in [0.2, 0.25) is 0 Å². The molecule has 22 heavy (non-hydrogen) atoms. The zero-order valence-corrected chi connectivity index (χ0v) is 11.7. The number of hydrogen-bond acceptors (Lipinski definition) is 4. The van der Waals surface area contributed by atoms with Crippen LogP contribution in [0.3, 0.4) is 0 Å². The van der Waals surface area contributed by atoms with Crippen molar-refractivity contribution in [1.82, 2.24) is 9.91 Å². The highest BCUT2D eigenvalue weighted by molar-refractivity contribution is 5.94. The van der Waals surface area contributed by atoms with Gasteiger partial charge in [-0.3, -0.25) is 0 Å². The molecule has 0 spiro atoms. The molecular weight excluding hydrogens is 305 g/mol. The Balaban J connectivity index is 2.84. The van der Waals surface area contributed by atoms with Gasteiger partial charge >= 0.3 is 18.4 Å². The summed E-state index contributed by atoms with van der Waals surface area (Å²) in [6.07, 6.45) is -3.68. The number of carbonyl (C=O) groups is 2. The average Bonchev–Trinajstić information content (AvgIpc) is 2.38. The Kier molecular flexibility index (Phi) is 5.33. The van der Waals surface area contributed by atoms with Crippen LogP contribution in [0.15, 0.2) is 29.4 Å². The van der Waals surface area contributed by atoms with Crippen molar-refractivity contribution in [1.29, 1.82) is 0 Å². The molecule has 0 bridgehead atoms. The van der Waals surface area contributed by atoms with Crippen LogP contribution in [0.4, 0.5) is 22.8 Å². The maximum atomic E-state index is 12.0. The number of nitrogens with zero attached hydrogens (tertiary/aromatic N) is 3. The molecule has 0 saturated heterocycles. The summed E-state index contributed by atoms with van der Waals surface area (Å²) < 4.78 is 39.7. The predicted octanol–water partition coefficient (Wildman–Crippen LogP) is 1.98. The van der Waals surface area contributed by atoms with Crippen LogP contribution in [0.25, 0.3) is 0 Å². The van der Waals surface area contributed by atoms with Gasteiger partial charge in [0, 0.05) is 14.1 Å². The number of halogens is 3. The Morgan fingerprint density at radius 3 is 2.18 bits per heavy atom. The molecule has 10 heteroatoms. The lowest BCUT2D eigenvalue weighted by Gasteiger charge is -2.17. The van der Waals surface area contributed by atoms with Crippen LogP contribution in [0, 0.1) is 0 Å². The number of rotatable bonds is 3. The molecule has 120 valence electrons. The largest absolute Gasteiger partial charge is 0.573 e. The number of urea groups is 2. The third-order valence-corrected chi connectivity index (χ3v) is 2.21. The van der Waals surface area contributed by atoms with Crippen LogP contribution in [0.5, 0.6) is 5.75 Å². The smallest absolute Gasteiger partial charge is 0.406 e. The van der Waals surface area contributed by atoms with Crippen molar-refractivity contribution < 1.29 is 27.5 Å². The molecule has 0 unspecified atom stereocenters. The first kappa shape index (κ1) is 17.3. The molecule has 0 aromatic heterocycles. The lowest BCUT2D eigenvalue weighted by atomic mass is 10.2. The maximum Gasteiger partial charge on any atom is 0.573 e. The Hall–Kier alpha value is -2.78. The van der Waals surface area contributed by atoms with E-state index in [4.69, 9.17) is 5.73 Å². The Bertz CT molecular complexity index is 570. The Morgan fingerprint density at radius 2 is 1.77 bits per heavy atom. The molecule has 2 N–H and O–H groups in total. The quantitative estimate of drug-likeness (QED) is 0.683. The number of imide groups is 1.